The van der Waals surface area contributed by atoms with Crippen LogP contribution in [-0.2, 0) is 4.74 Å². The molecule has 17 heavy (non-hydrogen) atoms. The van der Waals surface area contributed by atoms with Gasteiger partial charge in [0.15, 0.2) is 0 Å². The molecule has 0 bridgehead atoms. The zero-order valence-electron chi connectivity index (χ0n) is 11.1. The molecule has 1 aromatic carbocycles. The normalized spacial score (nSPS) is 33.6. The number of hydrogen-bond donors (Lipinski definition) is 1. The summed E-state index contributed by atoms with van der Waals surface area (Å²) in [6.07, 6.45) is 2.44. The monoisotopic (exact) mass is 233 g/mol. The van der Waals surface area contributed by atoms with Crippen molar-refractivity contribution in [3.63, 3.8) is 0 Å². The Kier molecular flexibility index (Phi) is 3.85. The summed E-state index contributed by atoms with van der Waals surface area (Å²) in [5.41, 5.74) is 1.25. The van der Waals surface area contributed by atoms with Crippen LogP contribution in [-0.4, -0.2) is 18.2 Å². The number of morpholine rings is 1. The second-order valence-electron chi connectivity index (χ2n) is 5.32. The van der Waals surface area contributed by atoms with Crippen molar-refractivity contribution in [3.05, 3.63) is 35.9 Å². The van der Waals surface area contributed by atoms with Gasteiger partial charge in [0.2, 0.25) is 0 Å². The first-order chi connectivity index (χ1) is 8.14. The number of benzene rings is 1. The van der Waals surface area contributed by atoms with Crippen LogP contribution in [0.1, 0.15) is 45.3 Å². The van der Waals surface area contributed by atoms with Gasteiger partial charge < -0.3 is 10.1 Å². The largest absolute Gasteiger partial charge is 0.364 e. The molecule has 1 aliphatic heterocycles. The highest BCUT2D eigenvalue weighted by Crippen LogP contribution is 2.33. The third-order valence-electron chi connectivity index (χ3n) is 3.57. The van der Waals surface area contributed by atoms with Crippen LogP contribution in [0.3, 0.4) is 0 Å². The maximum absolute atomic E-state index is 6.35. The SMILES string of the molecule is CCCC1(C)CNC(C)C(c2ccccc2)O1. The van der Waals surface area contributed by atoms with Gasteiger partial charge in [-0.15, -0.1) is 0 Å². The van der Waals surface area contributed by atoms with E-state index in [-0.39, 0.29) is 11.7 Å². The molecule has 1 N–H and O–H groups in total. The molecule has 1 heterocycles. The fourth-order valence-electron chi connectivity index (χ4n) is 2.61. The first-order valence-electron chi connectivity index (χ1n) is 6.61. The molecular formula is C15H23NO. The van der Waals surface area contributed by atoms with Crippen LogP contribution >= 0.6 is 0 Å². The van der Waals surface area contributed by atoms with E-state index in [2.05, 4.69) is 56.4 Å². The van der Waals surface area contributed by atoms with Crippen LogP contribution in [0.2, 0.25) is 0 Å². The lowest BCUT2D eigenvalue weighted by atomic mass is 9.93. The zero-order valence-corrected chi connectivity index (χ0v) is 11.1. The molecule has 0 aliphatic carbocycles. The van der Waals surface area contributed by atoms with Crippen LogP contribution in [0.5, 0.6) is 0 Å². The van der Waals surface area contributed by atoms with Gasteiger partial charge in [-0.2, -0.15) is 0 Å². The molecule has 0 radical (unpaired) electrons. The Hall–Kier alpha value is -0.860. The lowest BCUT2D eigenvalue weighted by molar-refractivity contribution is -0.129. The van der Waals surface area contributed by atoms with E-state index >= 15 is 0 Å². The fraction of sp³-hybridized carbons (Fsp3) is 0.600. The average Bonchev–Trinajstić information content (AvgIpc) is 2.34. The molecule has 1 saturated heterocycles. The van der Waals surface area contributed by atoms with Gasteiger partial charge in [-0.25, -0.2) is 0 Å². The van der Waals surface area contributed by atoms with Crippen LogP contribution in [0.25, 0.3) is 0 Å². The summed E-state index contributed by atoms with van der Waals surface area (Å²) in [4.78, 5) is 0. The molecule has 2 rings (SSSR count). The Morgan fingerprint density at radius 1 is 1.35 bits per heavy atom. The Labute approximate surface area is 104 Å². The summed E-state index contributed by atoms with van der Waals surface area (Å²) in [5, 5.41) is 3.58. The standard InChI is InChI=1S/C15H23NO/c1-4-10-15(3)11-16-12(2)14(17-15)13-8-6-5-7-9-13/h5-9,12,14,16H,4,10-11H2,1-3H3. The van der Waals surface area contributed by atoms with E-state index in [1.54, 1.807) is 0 Å². The number of hydrogen-bond acceptors (Lipinski definition) is 2. The van der Waals surface area contributed by atoms with Crippen molar-refractivity contribution >= 4 is 0 Å². The molecule has 3 atom stereocenters. The Bertz CT molecular complexity index is 351. The molecule has 3 unspecified atom stereocenters. The predicted molar refractivity (Wildman–Crippen MR) is 71.0 cm³/mol. The van der Waals surface area contributed by atoms with Gasteiger partial charge in [-0.05, 0) is 25.8 Å². The van der Waals surface area contributed by atoms with Crippen molar-refractivity contribution in [1.82, 2.24) is 5.32 Å². The van der Waals surface area contributed by atoms with Gasteiger partial charge in [0.05, 0.1) is 11.7 Å². The first-order valence-corrected chi connectivity index (χ1v) is 6.61. The second-order valence-corrected chi connectivity index (χ2v) is 5.32. The van der Waals surface area contributed by atoms with Crippen molar-refractivity contribution in [2.75, 3.05) is 6.54 Å². The summed E-state index contributed by atoms with van der Waals surface area (Å²) >= 11 is 0. The lowest BCUT2D eigenvalue weighted by Gasteiger charge is -2.43. The maximum atomic E-state index is 6.35. The van der Waals surface area contributed by atoms with E-state index in [0.717, 1.165) is 19.4 Å². The average molecular weight is 233 g/mol. The molecule has 0 amide bonds. The van der Waals surface area contributed by atoms with Crippen molar-refractivity contribution in [2.24, 2.45) is 0 Å². The van der Waals surface area contributed by atoms with Crippen molar-refractivity contribution in [1.29, 1.82) is 0 Å². The van der Waals surface area contributed by atoms with Gasteiger partial charge in [0.1, 0.15) is 0 Å². The van der Waals surface area contributed by atoms with Gasteiger partial charge in [0.25, 0.3) is 0 Å². The van der Waals surface area contributed by atoms with Crippen LogP contribution < -0.4 is 5.32 Å². The molecule has 1 fully saturated rings. The molecule has 1 aromatic rings. The summed E-state index contributed by atoms with van der Waals surface area (Å²) in [7, 11) is 0. The summed E-state index contributed by atoms with van der Waals surface area (Å²) in [6, 6.07) is 10.9. The van der Waals surface area contributed by atoms with E-state index in [4.69, 9.17) is 4.74 Å². The minimum atomic E-state index is -0.0260. The summed E-state index contributed by atoms with van der Waals surface area (Å²) in [6.45, 7) is 7.57. The topological polar surface area (TPSA) is 21.3 Å². The van der Waals surface area contributed by atoms with Gasteiger partial charge in [0, 0.05) is 12.6 Å². The molecule has 94 valence electrons. The van der Waals surface area contributed by atoms with Gasteiger partial charge >= 0.3 is 0 Å². The molecule has 0 spiro atoms. The van der Waals surface area contributed by atoms with E-state index in [9.17, 15) is 0 Å². The molecule has 2 nitrogen and oxygen atoms in total. The lowest BCUT2D eigenvalue weighted by Crippen LogP contribution is -2.53. The van der Waals surface area contributed by atoms with E-state index < -0.39 is 0 Å². The first kappa shape index (κ1) is 12.6. The number of nitrogens with one attached hydrogen (secondary N) is 1. The highest BCUT2D eigenvalue weighted by molar-refractivity contribution is 5.20. The minimum Gasteiger partial charge on any atom is -0.364 e. The van der Waals surface area contributed by atoms with Gasteiger partial charge in [-0.3, -0.25) is 0 Å². The summed E-state index contributed by atoms with van der Waals surface area (Å²) < 4.78 is 6.35. The van der Waals surface area contributed by atoms with E-state index in [1.165, 1.54) is 5.56 Å². The highest BCUT2D eigenvalue weighted by atomic mass is 16.5. The van der Waals surface area contributed by atoms with Crippen molar-refractivity contribution in [2.45, 2.75) is 51.4 Å². The molecule has 2 heteroatoms. The Morgan fingerprint density at radius 2 is 2.06 bits per heavy atom. The molecular weight excluding hydrogens is 210 g/mol. The Morgan fingerprint density at radius 3 is 2.71 bits per heavy atom. The van der Waals surface area contributed by atoms with Gasteiger partial charge in [-0.1, -0.05) is 43.7 Å². The zero-order chi connectivity index (χ0) is 12.3. The summed E-state index contributed by atoms with van der Waals surface area (Å²) in [5.74, 6) is 0. The third-order valence-corrected chi connectivity index (χ3v) is 3.57. The van der Waals surface area contributed by atoms with Crippen molar-refractivity contribution in [3.8, 4) is 0 Å². The van der Waals surface area contributed by atoms with Crippen LogP contribution in [0, 0.1) is 0 Å². The van der Waals surface area contributed by atoms with Crippen LogP contribution in [0.15, 0.2) is 30.3 Å². The van der Waals surface area contributed by atoms with E-state index in [0.29, 0.717) is 6.04 Å². The smallest absolute Gasteiger partial charge is 0.0983 e. The highest BCUT2D eigenvalue weighted by Gasteiger charge is 2.36. The molecule has 0 saturated carbocycles. The fourth-order valence-corrected chi connectivity index (χ4v) is 2.61. The van der Waals surface area contributed by atoms with Crippen molar-refractivity contribution < 1.29 is 4.74 Å². The Balaban J connectivity index is 2.15. The molecule has 1 aliphatic rings. The molecule has 0 aromatic heterocycles. The van der Waals surface area contributed by atoms with E-state index in [1.807, 2.05) is 0 Å². The predicted octanol–water partition coefficient (Wildman–Crippen LogP) is 3.29. The quantitative estimate of drug-likeness (QED) is 0.865. The second kappa shape index (κ2) is 5.19. The minimum absolute atomic E-state index is 0.0260. The number of ether oxygens (including phenoxy) is 1. The van der Waals surface area contributed by atoms with Crippen LogP contribution in [0.4, 0.5) is 0 Å². The maximum Gasteiger partial charge on any atom is 0.0983 e. The third kappa shape index (κ3) is 2.88. The number of rotatable bonds is 3.